The second-order valence-electron chi connectivity index (χ2n) is 4.20. The summed E-state index contributed by atoms with van der Waals surface area (Å²) in [7, 11) is 3.14. The van der Waals surface area contributed by atoms with Crippen molar-refractivity contribution in [2.75, 3.05) is 20.0 Å². The molecule has 0 aliphatic carbocycles. The minimum atomic E-state index is 0.264. The SMILES string of the molecule is COc1ccc(-c2c(N)noc2-c2cn[nH]n2)cc1OC. The lowest BCUT2D eigenvalue weighted by Crippen LogP contribution is -1.93. The Morgan fingerprint density at radius 3 is 2.67 bits per heavy atom. The van der Waals surface area contributed by atoms with Crippen molar-refractivity contribution in [2.24, 2.45) is 0 Å². The van der Waals surface area contributed by atoms with Crippen LogP contribution in [0.1, 0.15) is 0 Å². The van der Waals surface area contributed by atoms with Crippen LogP contribution in [-0.4, -0.2) is 34.8 Å². The maximum Gasteiger partial charge on any atom is 0.198 e. The predicted molar refractivity (Wildman–Crippen MR) is 74.8 cm³/mol. The number of nitrogens with zero attached hydrogens (tertiary/aromatic N) is 3. The molecule has 0 aliphatic heterocycles. The van der Waals surface area contributed by atoms with Gasteiger partial charge in [0.1, 0.15) is 0 Å². The highest BCUT2D eigenvalue weighted by molar-refractivity contribution is 5.86. The average Bonchev–Trinajstić information content (AvgIpc) is 3.15. The number of ether oxygens (including phenoxy) is 2. The molecule has 3 N–H and O–H groups in total. The number of anilines is 1. The molecule has 3 rings (SSSR count). The van der Waals surface area contributed by atoms with E-state index < -0.39 is 0 Å². The number of methoxy groups -OCH3 is 2. The van der Waals surface area contributed by atoms with Crippen molar-refractivity contribution >= 4 is 5.82 Å². The van der Waals surface area contributed by atoms with E-state index in [0.717, 1.165) is 5.56 Å². The third-order valence-corrected chi connectivity index (χ3v) is 3.04. The molecule has 0 saturated carbocycles. The van der Waals surface area contributed by atoms with Gasteiger partial charge in [-0.05, 0) is 17.7 Å². The van der Waals surface area contributed by atoms with Crippen LogP contribution in [0, 0.1) is 0 Å². The van der Waals surface area contributed by atoms with Crippen LogP contribution in [0.2, 0.25) is 0 Å². The zero-order valence-electron chi connectivity index (χ0n) is 11.5. The maximum atomic E-state index is 5.91. The van der Waals surface area contributed by atoms with Gasteiger partial charge in [-0.25, -0.2) is 0 Å². The zero-order chi connectivity index (χ0) is 14.8. The molecule has 0 aliphatic rings. The fourth-order valence-electron chi connectivity index (χ4n) is 2.06. The van der Waals surface area contributed by atoms with Gasteiger partial charge < -0.3 is 19.7 Å². The Labute approximate surface area is 119 Å². The van der Waals surface area contributed by atoms with Gasteiger partial charge in [-0.15, -0.1) is 0 Å². The van der Waals surface area contributed by atoms with Crippen LogP contribution in [0.25, 0.3) is 22.6 Å². The highest BCUT2D eigenvalue weighted by Crippen LogP contribution is 2.39. The third-order valence-electron chi connectivity index (χ3n) is 3.04. The van der Waals surface area contributed by atoms with E-state index in [0.29, 0.717) is 28.5 Å². The van der Waals surface area contributed by atoms with Crippen LogP contribution in [0.3, 0.4) is 0 Å². The fourth-order valence-corrected chi connectivity index (χ4v) is 2.06. The van der Waals surface area contributed by atoms with Gasteiger partial charge in [0.2, 0.25) is 0 Å². The first kappa shape index (κ1) is 13.0. The molecule has 2 aromatic heterocycles. The van der Waals surface area contributed by atoms with Crippen molar-refractivity contribution in [3.8, 4) is 34.1 Å². The molecule has 0 fully saturated rings. The zero-order valence-corrected chi connectivity index (χ0v) is 11.5. The highest BCUT2D eigenvalue weighted by Gasteiger charge is 2.20. The first-order chi connectivity index (χ1) is 10.2. The number of hydrogen-bond acceptors (Lipinski definition) is 7. The van der Waals surface area contributed by atoms with Gasteiger partial charge in [-0.3, -0.25) is 0 Å². The molecule has 0 spiro atoms. The van der Waals surface area contributed by atoms with Gasteiger partial charge >= 0.3 is 0 Å². The van der Waals surface area contributed by atoms with Crippen LogP contribution in [0.15, 0.2) is 28.9 Å². The van der Waals surface area contributed by atoms with Crippen molar-refractivity contribution in [1.29, 1.82) is 0 Å². The Balaban J connectivity index is 2.15. The van der Waals surface area contributed by atoms with Gasteiger partial charge in [-0.1, -0.05) is 11.2 Å². The molecular formula is C13H13N5O3. The fraction of sp³-hybridized carbons (Fsp3) is 0.154. The molecule has 0 bridgehead atoms. The maximum absolute atomic E-state index is 5.91. The van der Waals surface area contributed by atoms with Gasteiger partial charge in [-0.2, -0.15) is 15.4 Å². The molecule has 1 aromatic carbocycles. The number of aromatic nitrogens is 4. The summed E-state index contributed by atoms with van der Waals surface area (Å²) in [6.45, 7) is 0. The Kier molecular flexibility index (Phi) is 3.19. The summed E-state index contributed by atoms with van der Waals surface area (Å²) in [5, 5.41) is 14.1. The molecule has 2 heterocycles. The number of nitrogens with one attached hydrogen (secondary N) is 1. The van der Waals surface area contributed by atoms with Crippen molar-refractivity contribution < 1.29 is 14.0 Å². The van der Waals surface area contributed by atoms with Crippen LogP contribution in [-0.2, 0) is 0 Å². The topological polar surface area (TPSA) is 112 Å². The standard InChI is InChI=1S/C13H13N5O3/c1-19-9-4-3-7(5-10(9)20-2)11-12(21-17-13(11)14)8-6-15-18-16-8/h3-6H,1-2H3,(H2,14,17)(H,15,16,18). The number of hydrogen-bond donors (Lipinski definition) is 2. The molecule has 8 heteroatoms. The van der Waals surface area contributed by atoms with Crippen molar-refractivity contribution in [3.63, 3.8) is 0 Å². The second kappa shape index (κ2) is 5.16. The number of aromatic amines is 1. The lowest BCUT2D eigenvalue weighted by molar-refractivity contribution is 0.355. The lowest BCUT2D eigenvalue weighted by Gasteiger charge is -2.09. The monoisotopic (exact) mass is 287 g/mol. The van der Waals surface area contributed by atoms with Crippen molar-refractivity contribution in [2.45, 2.75) is 0 Å². The van der Waals surface area contributed by atoms with E-state index in [2.05, 4.69) is 20.6 Å². The summed E-state index contributed by atoms with van der Waals surface area (Å²) in [6, 6.07) is 5.42. The van der Waals surface area contributed by atoms with E-state index in [1.807, 2.05) is 6.07 Å². The third kappa shape index (κ3) is 2.16. The van der Waals surface area contributed by atoms with Gasteiger partial charge in [0.05, 0.1) is 26.0 Å². The summed E-state index contributed by atoms with van der Waals surface area (Å²) < 4.78 is 15.8. The van der Waals surface area contributed by atoms with E-state index in [-0.39, 0.29) is 5.82 Å². The Bertz CT molecular complexity index is 751. The van der Waals surface area contributed by atoms with E-state index in [1.54, 1.807) is 26.4 Å². The summed E-state index contributed by atoms with van der Waals surface area (Å²) in [6.07, 6.45) is 1.53. The number of nitrogens with two attached hydrogens (primary N) is 1. The van der Waals surface area contributed by atoms with Crippen molar-refractivity contribution in [3.05, 3.63) is 24.4 Å². The summed E-state index contributed by atoms with van der Waals surface area (Å²) in [4.78, 5) is 0. The van der Waals surface area contributed by atoms with Crippen LogP contribution < -0.4 is 15.2 Å². The molecule has 21 heavy (non-hydrogen) atoms. The number of benzene rings is 1. The molecular weight excluding hydrogens is 274 g/mol. The van der Waals surface area contributed by atoms with E-state index in [1.165, 1.54) is 6.20 Å². The van der Waals surface area contributed by atoms with Gasteiger partial charge in [0, 0.05) is 0 Å². The molecule has 0 atom stereocenters. The molecule has 3 aromatic rings. The van der Waals surface area contributed by atoms with Crippen LogP contribution in [0.5, 0.6) is 11.5 Å². The molecule has 0 radical (unpaired) electrons. The first-order valence-electron chi connectivity index (χ1n) is 6.08. The van der Waals surface area contributed by atoms with Crippen LogP contribution in [0.4, 0.5) is 5.82 Å². The molecule has 0 amide bonds. The highest BCUT2D eigenvalue weighted by atomic mass is 16.5. The Morgan fingerprint density at radius 2 is 2.00 bits per heavy atom. The quantitative estimate of drug-likeness (QED) is 0.751. The molecule has 0 saturated heterocycles. The first-order valence-corrected chi connectivity index (χ1v) is 6.08. The average molecular weight is 287 g/mol. The van der Waals surface area contributed by atoms with E-state index >= 15 is 0 Å². The number of rotatable bonds is 4. The number of nitrogen functional groups attached to an aromatic ring is 1. The van der Waals surface area contributed by atoms with E-state index in [9.17, 15) is 0 Å². The predicted octanol–water partition coefficient (Wildman–Crippen LogP) is 1.73. The largest absolute Gasteiger partial charge is 0.493 e. The molecule has 8 nitrogen and oxygen atoms in total. The second-order valence-corrected chi connectivity index (χ2v) is 4.20. The van der Waals surface area contributed by atoms with Gasteiger partial charge in [0.15, 0.2) is 28.8 Å². The number of H-pyrrole nitrogens is 1. The van der Waals surface area contributed by atoms with Crippen molar-refractivity contribution in [1.82, 2.24) is 20.6 Å². The Morgan fingerprint density at radius 1 is 1.19 bits per heavy atom. The van der Waals surface area contributed by atoms with Crippen LogP contribution >= 0.6 is 0 Å². The normalized spacial score (nSPS) is 10.6. The summed E-state index contributed by atoms with van der Waals surface area (Å²) in [5.41, 5.74) is 7.84. The van der Waals surface area contributed by atoms with E-state index in [4.69, 9.17) is 19.7 Å². The lowest BCUT2D eigenvalue weighted by atomic mass is 10.0. The minimum Gasteiger partial charge on any atom is -0.493 e. The summed E-state index contributed by atoms with van der Waals surface area (Å²) in [5.74, 6) is 1.91. The molecule has 0 unspecified atom stereocenters. The summed E-state index contributed by atoms with van der Waals surface area (Å²) >= 11 is 0. The smallest absolute Gasteiger partial charge is 0.198 e. The molecule has 108 valence electrons. The van der Waals surface area contributed by atoms with Gasteiger partial charge in [0.25, 0.3) is 0 Å². The Hall–Kier alpha value is -3.03. The minimum absolute atomic E-state index is 0.264.